The van der Waals surface area contributed by atoms with Crippen molar-refractivity contribution >= 4 is 35.0 Å². The molecule has 1 spiro atoms. The number of H-pyrrole nitrogens is 1. The van der Waals surface area contributed by atoms with E-state index >= 15 is 0 Å². The quantitative estimate of drug-likeness (QED) is 0.648. The summed E-state index contributed by atoms with van der Waals surface area (Å²) < 4.78 is 19.1. The minimum atomic E-state index is -0.502. The van der Waals surface area contributed by atoms with E-state index < -0.39 is 11.2 Å². The summed E-state index contributed by atoms with van der Waals surface area (Å²) in [6.07, 6.45) is 4.59. The maximum Gasteiger partial charge on any atom is 0.275 e. The van der Waals surface area contributed by atoms with E-state index in [-0.39, 0.29) is 40.2 Å². The zero-order valence-electron chi connectivity index (χ0n) is 20.1. The molecule has 0 radical (unpaired) electrons. The van der Waals surface area contributed by atoms with Crippen molar-refractivity contribution in [1.82, 2.24) is 20.2 Å². The molecule has 2 aromatic rings. The summed E-state index contributed by atoms with van der Waals surface area (Å²) in [4.78, 5) is 49.5. The highest BCUT2D eigenvalue weighted by Gasteiger charge is 2.49. The predicted octanol–water partition coefficient (Wildman–Crippen LogP) is 3.08. The number of aryl methyl sites for hydroxylation is 1. The lowest BCUT2D eigenvalue weighted by Gasteiger charge is -2.36. The summed E-state index contributed by atoms with van der Waals surface area (Å²) in [5.74, 6) is -1.06. The molecule has 1 saturated carbocycles. The number of nitrogens with zero attached hydrogens (tertiary/aromatic N) is 3. The van der Waals surface area contributed by atoms with Gasteiger partial charge in [0.15, 0.2) is 5.69 Å². The second kappa shape index (κ2) is 9.82. The molecule has 192 valence electrons. The van der Waals surface area contributed by atoms with Gasteiger partial charge in [0, 0.05) is 25.7 Å². The number of hydrogen-bond acceptors (Lipinski definition) is 5. The van der Waals surface area contributed by atoms with Crippen molar-refractivity contribution in [3.8, 4) is 0 Å². The van der Waals surface area contributed by atoms with Gasteiger partial charge in [-0.1, -0.05) is 11.6 Å². The van der Waals surface area contributed by atoms with Crippen LogP contribution in [0.2, 0.25) is 5.02 Å². The molecule has 0 atom stereocenters. The molecule has 5 rings (SSSR count). The van der Waals surface area contributed by atoms with Crippen molar-refractivity contribution < 1.29 is 23.5 Å². The van der Waals surface area contributed by atoms with Crippen LogP contribution in [0.25, 0.3) is 0 Å². The van der Waals surface area contributed by atoms with Crippen LogP contribution in [0.1, 0.15) is 58.6 Å². The van der Waals surface area contributed by atoms with Gasteiger partial charge in [-0.25, -0.2) is 9.37 Å². The number of benzene rings is 1. The lowest BCUT2D eigenvalue weighted by atomic mass is 9.71. The molecule has 11 heteroatoms. The van der Waals surface area contributed by atoms with Crippen molar-refractivity contribution in [2.75, 3.05) is 37.7 Å². The molecule has 3 fully saturated rings. The van der Waals surface area contributed by atoms with Gasteiger partial charge >= 0.3 is 0 Å². The molecule has 3 aliphatic rings. The topological polar surface area (TPSA) is 108 Å². The highest BCUT2D eigenvalue weighted by Crippen LogP contribution is 2.47. The summed E-state index contributed by atoms with van der Waals surface area (Å²) >= 11 is 6.27. The van der Waals surface area contributed by atoms with Gasteiger partial charge in [0.25, 0.3) is 11.8 Å². The van der Waals surface area contributed by atoms with Gasteiger partial charge in [0.1, 0.15) is 11.5 Å². The van der Waals surface area contributed by atoms with E-state index in [0.717, 1.165) is 0 Å². The van der Waals surface area contributed by atoms with E-state index in [9.17, 15) is 18.8 Å². The van der Waals surface area contributed by atoms with Crippen LogP contribution >= 0.6 is 11.6 Å². The SMILES string of the molecule is Cc1cc(N2CC[C@]3(CC[C@@H](NC(=O)c4[nH]cnc4C(=O)N4CCOCC4)CC3)C2=O)c(Cl)cc1F. The monoisotopic (exact) mass is 517 g/mol. The lowest BCUT2D eigenvalue weighted by Crippen LogP contribution is -2.45. The van der Waals surface area contributed by atoms with E-state index in [4.69, 9.17) is 16.3 Å². The molecule has 9 nitrogen and oxygen atoms in total. The summed E-state index contributed by atoms with van der Waals surface area (Å²) in [6.45, 7) is 4.03. The Morgan fingerprint density at radius 1 is 1.19 bits per heavy atom. The molecule has 0 unspecified atom stereocenters. The van der Waals surface area contributed by atoms with Crippen LogP contribution < -0.4 is 10.2 Å². The highest BCUT2D eigenvalue weighted by molar-refractivity contribution is 6.34. The molecule has 3 amide bonds. The Balaban J connectivity index is 1.21. The van der Waals surface area contributed by atoms with Crippen molar-refractivity contribution in [3.05, 3.63) is 46.3 Å². The number of anilines is 1. The van der Waals surface area contributed by atoms with E-state index in [0.29, 0.717) is 76.2 Å². The highest BCUT2D eigenvalue weighted by atomic mass is 35.5. The van der Waals surface area contributed by atoms with E-state index in [1.165, 1.54) is 12.4 Å². The standard InChI is InChI=1S/C25H29ClFN5O4/c1-15-12-19(17(26)13-18(15)27)32-7-6-25(24(32)35)4-2-16(3-5-25)30-22(33)20-21(29-14-28-20)23(34)31-8-10-36-11-9-31/h12-14,16H,2-11H2,1H3,(H,28,29)(H,30,33)/t16-,25-. The number of amides is 3. The number of nitrogens with one attached hydrogen (secondary N) is 2. The Bertz CT molecular complexity index is 1190. The van der Waals surface area contributed by atoms with Crippen LogP contribution in [0.4, 0.5) is 10.1 Å². The Morgan fingerprint density at radius 3 is 2.64 bits per heavy atom. The summed E-state index contributed by atoms with van der Waals surface area (Å²) in [6, 6.07) is 2.77. The third-order valence-corrected chi connectivity index (χ3v) is 7.98. The second-order valence-corrected chi connectivity index (χ2v) is 10.2. The minimum absolute atomic E-state index is 0.00662. The third kappa shape index (κ3) is 4.48. The lowest BCUT2D eigenvalue weighted by molar-refractivity contribution is -0.127. The van der Waals surface area contributed by atoms with Crippen LogP contribution in [0.5, 0.6) is 0 Å². The van der Waals surface area contributed by atoms with E-state index in [1.54, 1.807) is 22.8 Å². The van der Waals surface area contributed by atoms with Gasteiger partial charge in [0.05, 0.1) is 35.7 Å². The van der Waals surface area contributed by atoms with E-state index in [1.807, 2.05) is 0 Å². The largest absolute Gasteiger partial charge is 0.378 e. The number of aromatic nitrogens is 2. The Labute approximate surface area is 213 Å². The van der Waals surface area contributed by atoms with Gasteiger partial charge in [-0.2, -0.15) is 0 Å². The zero-order chi connectivity index (χ0) is 25.4. The number of imidazole rings is 1. The number of carbonyl (C=O) groups is 3. The van der Waals surface area contributed by atoms with Crippen molar-refractivity contribution in [3.63, 3.8) is 0 Å². The van der Waals surface area contributed by atoms with Crippen LogP contribution in [0.15, 0.2) is 18.5 Å². The minimum Gasteiger partial charge on any atom is -0.378 e. The molecular weight excluding hydrogens is 489 g/mol. The average Bonchev–Trinajstić information content (AvgIpc) is 3.49. The molecule has 2 N–H and O–H groups in total. The Hall–Kier alpha value is -2.98. The summed E-state index contributed by atoms with van der Waals surface area (Å²) in [5.41, 5.74) is 0.744. The number of halogens is 2. The second-order valence-electron chi connectivity index (χ2n) is 9.82. The van der Waals surface area contributed by atoms with Crippen LogP contribution in [-0.4, -0.2) is 71.5 Å². The molecule has 0 bridgehead atoms. The Morgan fingerprint density at radius 2 is 1.92 bits per heavy atom. The maximum atomic E-state index is 13.9. The van der Waals surface area contributed by atoms with E-state index in [2.05, 4.69) is 15.3 Å². The fraction of sp³-hybridized carbons (Fsp3) is 0.520. The third-order valence-electron chi connectivity index (χ3n) is 7.68. The first kappa shape index (κ1) is 24.7. The molecule has 1 aromatic heterocycles. The van der Waals surface area contributed by atoms with Crippen LogP contribution in [-0.2, 0) is 9.53 Å². The first-order valence-corrected chi connectivity index (χ1v) is 12.7. The molecular formula is C25H29ClFN5O4. The van der Waals surface area contributed by atoms with Gasteiger partial charge in [-0.15, -0.1) is 0 Å². The van der Waals surface area contributed by atoms with Gasteiger partial charge in [0.2, 0.25) is 5.91 Å². The molecule has 36 heavy (non-hydrogen) atoms. The fourth-order valence-electron chi connectivity index (χ4n) is 5.48. The van der Waals surface area contributed by atoms with Crippen molar-refractivity contribution in [2.45, 2.75) is 45.1 Å². The number of morpholine rings is 1. The fourth-order valence-corrected chi connectivity index (χ4v) is 5.73. The first-order chi connectivity index (χ1) is 17.3. The van der Waals surface area contributed by atoms with Crippen molar-refractivity contribution in [2.24, 2.45) is 5.41 Å². The summed E-state index contributed by atoms with van der Waals surface area (Å²) in [5, 5.41) is 3.24. The van der Waals surface area contributed by atoms with Gasteiger partial charge in [-0.3, -0.25) is 14.4 Å². The Kier molecular flexibility index (Phi) is 6.74. The average molecular weight is 518 g/mol. The zero-order valence-corrected chi connectivity index (χ0v) is 20.9. The number of carbonyl (C=O) groups excluding carboxylic acids is 3. The number of ether oxygens (including phenoxy) is 1. The molecule has 2 saturated heterocycles. The molecule has 1 aliphatic carbocycles. The smallest absolute Gasteiger partial charge is 0.275 e. The summed E-state index contributed by atoms with van der Waals surface area (Å²) in [7, 11) is 0. The van der Waals surface area contributed by atoms with Gasteiger partial charge < -0.3 is 24.8 Å². The number of hydrogen-bond donors (Lipinski definition) is 2. The number of aromatic amines is 1. The molecule has 1 aromatic carbocycles. The predicted molar refractivity (Wildman–Crippen MR) is 131 cm³/mol. The normalized spacial score (nSPS) is 24.4. The van der Waals surface area contributed by atoms with Crippen molar-refractivity contribution in [1.29, 1.82) is 0 Å². The molecule has 3 heterocycles. The van der Waals surface area contributed by atoms with Crippen LogP contribution in [0, 0.1) is 18.2 Å². The first-order valence-electron chi connectivity index (χ1n) is 12.3. The van der Waals surface area contributed by atoms with Crippen LogP contribution in [0.3, 0.4) is 0 Å². The number of rotatable bonds is 4. The maximum absolute atomic E-state index is 13.9. The molecule has 2 aliphatic heterocycles. The van der Waals surface area contributed by atoms with Gasteiger partial charge in [-0.05, 0) is 56.7 Å².